The van der Waals surface area contributed by atoms with Crippen LogP contribution in [0.4, 0.5) is 9.18 Å². The van der Waals surface area contributed by atoms with Crippen molar-refractivity contribution in [3.63, 3.8) is 0 Å². The second-order valence-electron chi connectivity index (χ2n) is 5.86. The minimum Gasteiger partial charge on any atom is -0.491 e. The fourth-order valence-corrected chi connectivity index (χ4v) is 1.82. The van der Waals surface area contributed by atoms with Crippen molar-refractivity contribution < 1.29 is 23.8 Å². The van der Waals surface area contributed by atoms with Crippen LogP contribution in [0.3, 0.4) is 0 Å². The molecule has 124 valence electrons. The number of ether oxygens (including phenoxy) is 2. The normalized spacial score (nSPS) is 11.1. The van der Waals surface area contributed by atoms with Gasteiger partial charge in [0.05, 0.1) is 6.61 Å². The summed E-state index contributed by atoms with van der Waals surface area (Å²) in [5.74, 6) is 0.208. The van der Waals surface area contributed by atoms with Gasteiger partial charge in [0.15, 0.2) is 0 Å². The molecule has 0 aliphatic heterocycles. The molecular formula is C16H24FNO4. The van der Waals surface area contributed by atoms with E-state index >= 15 is 0 Å². The molecule has 0 saturated carbocycles. The van der Waals surface area contributed by atoms with E-state index in [1.165, 1.54) is 12.1 Å². The van der Waals surface area contributed by atoms with E-state index in [1.807, 2.05) is 0 Å². The average Bonchev–Trinajstić information content (AvgIpc) is 2.40. The van der Waals surface area contributed by atoms with Gasteiger partial charge in [-0.2, -0.15) is 0 Å². The fraction of sp³-hybridized carbons (Fsp3) is 0.562. The van der Waals surface area contributed by atoms with E-state index in [0.29, 0.717) is 30.7 Å². The molecule has 0 fully saturated rings. The number of amides is 1. The number of aliphatic hydroxyl groups excluding tert-OH is 1. The number of nitrogens with one attached hydrogen (secondary N) is 1. The van der Waals surface area contributed by atoms with Gasteiger partial charge >= 0.3 is 6.09 Å². The van der Waals surface area contributed by atoms with Gasteiger partial charge in [-0.3, -0.25) is 0 Å². The lowest BCUT2D eigenvalue weighted by Gasteiger charge is -2.19. The first-order valence-corrected chi connectivity index (χ1v) is 7.31. The fourth-order valence-electron chi connectivity index (χ4n) is 1.82. The third-order valence-electron chi connectivity index (χ3n) is 2.66. The summed E-state index contributed by atoms with van der Waals surface area (Å²) >= 11 is 0. The second-order valence-corrected chi connectivity index (χ2v) is 5.86. The molecule has 1 amide bonds. The van der Waals surface area contributed by atoms with E-state index in [2.05, 4.69) is 5.32 Å². The van der Waals surface area contributed by atoms with E-state index < -0.39 is 11.7 Å². The van der Waals surface area contributed by atoms with Crippen LogP contribution in [-0.2, 0) is 11.2 Å². The highest BCUT2D eigenvalue weighted by Crippen LogP contribution is 2.21. The maximum Gasteiger partial charge on any atom is 0.407 e. The Hall–Kier alpha value is -1.82. The number of carbonyl (C=O) groups excluding carboxylic acids is 1. The highest BCUT2D eigenvalue weighted by atomic mass is 19.1. The smallest absolute Gasteiger partial charge is 0.407 e. The van der Waals surface area contributed by atoms with E-state index in [-0.39, 0.29) is 19.0 Å². The van der Waals surface area contributed by atoms with Crippen molar-refractivity contribution in [1.82, 2.24) is 5.32 Å². The van der Waals surface area contributed by atoms with Crippen LogP contribution in [0.5, 0.6) is 5.75 Å². The number of hydrogen-bond acceptors (Lipinski definition) is 4. The molecule has 0 atom stereocenters. The van der Waals surface area contributed by atoms with Crippen LogP contribution in [0.25, 0.3) is 0 Å². The molecule has 0 unspecified atom stereocenters. The molecule has 0 aliphatic carbocycles. The van der Waals surface area contributed by atoms with Crippen molar-refractivity contribution in [2.75, 3.05) is 19.8 Å². The SMILES string of the molecule is CC(C)(C)OC(=O)NCCCc1cc(F)ccc1OCCO. The zero-order valence-electron chi connectivity index (χ0n) is 13.3. The third kappa shape index (κ3) is 7.26. The van der Waals surface area contributed by atoms with Gasteiger partial charge in [0.25, 0.3) is 0 Å². The molecular weight excluding hydrogens is 289 g/mol. The number of carbonyl (C=O) groups is 1. The summed E-state index contributed by atoms with van der Waals surface area (Å²) in [4.78, 5) is 11.5. The van der Waals surface area contributed by atoms with Gasteiger partial charge in [-0.25, -0.2) is 9.18 Å². The van der Waals surface area contributed by atoms with Crippen molar-refractivity contribution in [1.29, 1.82) is 0 Å². The van der Waals surface area contributed by atoms with Crippen LogP contribution >= 0.6 is 0 Å². The van der Waals surface area contributed by atoms with Crippen molar-refractivity contribution in [3.05, 3.63) is 29.6 Å². The molecule has 0 aromatic heterocycles. The van der Waals surface area contributed by atoms with Gasteiger partial charge in [0.2, 0.25) is 0 Å². The Labute approximate surface area is 130 Å². The quantitative estimate of drug-likeness (QED) is 0.759. The lowest BCUT2D eigenvalue weighted by molar-refractivity contribution is 0.0527. The average molecular weight is 313 g/mol. The Kier molecular flexibility index (Phi) is 7.11. The second kappa shape index (κ2) is 8.58. The highest BCUT2D eigenvalue weighted by Gasteiger charge is 2.15. The monoisotopic (exact) mass is 313 g/mol. The first-order valence-electron chi connectivity index (χ1n) is 7.31. The minimum absolute atomic E-state index is 0.100. The zero-order valence-corrected chi connectivity index (χ0v) is 13.3. The lowest BCUT2D eigenvalue weighted by atomic mass is 10.1. The van der Waals surface area contributed by atoms with Crippen molar-refractivity contribution in [2.45, 2.75) is 39.2 Å². The van der Waals surface area contributed by atoms with Gasteiger partial charge in [0.1, 0.15) is 23.8 Å². The number of halogens is 1. The number of alkyl carbamates (subject to hydrolysis) is 1. The van der Waals surface area contributed by atoms with Gasteiger partial charge in [-0.1, -0.05) is 0 Å². The third-order valence-corrected chi connectivity index (χ3v) is 2.66. The molecule has 0 aliphatic rings. The number of hydrogen-bond donors (Lipinski definition) is 2. The van der Waals surface area contributed by atoms with Crippen molar-refractivity contribution in [3.8, 4) is 5.75 Å². The maximum atomic E-state index is 13.3. The molecule has 0 radical (unpaired) electrons. The first kappa shape index (κ1) is 18.2. The first-order chi connectivity index (χ1) is 10.3. The largest absolute Gasteiger partial charge is 0.491 e. The summed E-state index contributed by atoms with van der Waals surface area (Å²) in [5, 5.41) is 11.4. The predicted molar refractivity (Wildman–Crippen MR) is 81.5 cm³/mol. The van der Waals surface area contributed by atoms with Gasteiger partial charge < -0.3 is 19.9 Å². The van der Waals surface area contributed by atoms with E-state index in [9.17, 15) is 9.18 Å². The van der Waals surface area contributed by atoms with E-state index in [4.69, 9.17) is 14.6 Å². The van der Waals surface area contributed by atoms with Crippen LogP contribution in [0.2, 0.25) is 0 Å². The molecule has 1 rings (SSSR count). The number of benzene rings is 1. The van der Waals surface area contributed by atoms with Crippen molar-refractivity contribution >= 4 is 6.09 Å². The molecule has 22 heavy (non-hydrogen) atoms. The number of aryl methyl sites for hydroxylation is 1. The van der Waals surface area contributed by atoms with E-state index in [1.54, 1.807) is 26.8 Å². The van der Waals surface area contributed by atoms with Crippen LogP contribution in [0.1, 0.15) is 32.8 Å². The summed E-state index contributed by atoms with van der Waals surface area (Å²) in [7, 11) is 0. The summed E-state index contributed by atoms with van der Waals surface area (Å²) in [6.45, 7) is 5.87. The molecule has 2 N–H and O–H groups in total. The van der Waals surface area contributed by atoms with Crippen molar-refractivity contribution in [2.24, 2.45) is 0 Å². The molecule has 1 aromatic rings. The molecule has 6 heteroatoms. The van der Waals surface area contributed by atoms with Gasteiger partial charge in [-0.15, -0.1) is 0 Å². The molecule has 0 saturated heterocycles. The van der Waals surface area contributed by atoms with Gasteiger partial charge in [0, 0.05) is 6.54 Å². The van der Waals surface area contributed by atoms with Gasteiger partial charge in [-0.05, 0) is 57.4 Å². The minimum atomic E-state index is -0.530. The lowest BCUT2D eigenvalue weighted by Crippen LogP contribution is -2.33. The molecule has 0 bridgehead atoms. The highest BCUT2D eigenvalue weighted by molar-refractivity contribution is 5.67. The van der Waals surface area contributed by atoms with Crippen LogP contribution in [-0.4, -0.2) is 36.6 Å². The summed E-state index contributed by atoms with van der Waals surface area (Å²) in [6, 6.07) is 4.26. The topological polar surface area (TPSA) is 67.8 Å². The van der Waals surface area contributed by atoms with E-state index in [0.717, 1.165) is 0 Å². The predicted octanol–water partition coefficient (Wildman–Crippen LogP) is 2.65. The zero-order chi connectivity index (χ0) is 16.6. The Bertz CT molecular complexity index is 486. The molecule has 1 aromatic carbocycles. The van der Waals surface area contributed by atoms with Crippen LogP contribution in [0.15, 0.2) is 18.2 Å². The molecule has 0 heterocycles. The Morgan fingerprint density at radius 3 is 2.73 bits per heavy atom. The number of rotatable bonds is 7. The standard InChI is InChI=1S/C16H24FNO4/c1-16(2,3)22-15(20)18-8-4-5-12-11-13(17)6-7-14(12)21-10-9-19/h6-7,11,19H,4-5,8-10H2,1-3H3,(H,18,20). The van der Waals surface area contributed by atoms with Crippen LogP contribution in [0, 0.1) is 5.82 Å². The molecule has 5 nitrogen and oxygen atoms in total. The Balaban J connectivity index is 2.44. The summed E-state index contributed by atoms with van der Waals surface area (Å²) < 4.78 is 23.8. The maximum absolute atomic E-state index is 13.3. The Morgan fingerprint density at radius 1 is 1.36 bits per heavy atom. The summed E-state index contributed by atoms with van der Waals surface area (Å²) in [5.41, 5.74) is 0.178. The number of aliphatic hydroxyl groups is 1. The summed E-state index contributed by atoms with van der Waals surface area (Å²) in [6.07, 6.45) is 0.704. The molecule has 0 spiro atoms. The Morgan fingerprint density at radius 2 is 2.09 bits per heavy atom. The van der Waals surface area contributed by atoms with Crippen LogP contribution < -0.4 is 10.1 Å².